The predicted octanol–water partition coefficient (Wildman–Crippen LogP) is 7.38. The fourth-order valence-electron chi connectivity index (χ4n) is 4.71. The number of hydrogen-bond acceptors (Lipinski definition) is 3. The summed E-state index contributed by atoms with van der Waals surface area (Å²) in [6.07, 6.45) is 2.69. The number of H-pyrrole nitrogens is 1. The highest BCUT2D eigenvalue weighted by Crippen LogP contribution is 2.30. The second kappa shape index (κ2) is 12.8. The summed E-state index contributed by atoms with van der Waals surface area (Å²) in [7, 11) is 0. The van der Waals surface area contributed by atoms with Crippen molar-refractivity contribution in [2.24, 2.45) is 0 Å². The van der Waals surface area contributed by atoms with Crippen LogP contribution in [0.2, 0.25) is 0 Å². The number of aromatic nitrogens is 1. The minimum atomic E-state index is -0.605. The number of alkyl carbamates (subject to hydrolysis) is 1. The molecule has 0 spiro atoms. The number of fused-ring (bicyclic) bond motifs is 1. The van der Waals surface area contributed by atoms with Crippen molar-refractivity contribution in [3.8, 4) is 11.1 Å². The Morgan fingerprint density at radius 2 is 1.68 bits per heavy atom. The minimum absolute atomic E-state index is 0.238. The van der Waals surface area contributed by atoms with E-state index in [0.717, 1.165) is 52.4 Å². The van der Waals surface area contributed by atoms with E-state index in [4.69, 9.17) is 4.74 Å². The number of hydrogen-bond donors (Lipinski definition) is 3. The fourth-order valence-corrected chi connectivity index (χ4v) is 4.71. The number of rotatable bonds is 10. The number of carbonyl (C=O) groups excluding carboxylic acids is 2. The summed E-state index contributed by atoms with van der Waals surface area (Å²) in [5.41, 5.74) is 4.51. The van der Waals surface area contributed by atoms with Crippen LogP contribution in [0.4, 0.5) is 9.18 Å². The summed E-state index contributed by atoms with van der Waals surface area (Å²) in [6.45, 7) is 7.83. The average Bonchev–Trinajstić information content (AvgIpc) is 3.27. The highest BCUT2D eigenvalue weighted by atomic mass is 19.1. The molecule has 6 nitrogen and oxygen atoms in total. The third-order valence-corrected chi connectivity index (χ3v) is 6.67. The maximum atomic E-state index is 13.6. The minimum Gasteiger partial charge on any atom is -0.444 e. The first-order valence-corrected chi connectivity index (χ1v) is 13.8. The Bertz CT molecular complexity index is 1440. The quantitative estimate of drug-likeness (QED) is 0.195. The van der Waals surface area contributed by atoms with Crippen LogP contribution in [-0.2, 0) is 11.2 Å². The molecule has 0 aliphatic rings. The number of amides is 2. The SMILES string of the molecule is CCCC[C@@H](CNC(=O)c1[nH]c2cc(-c3ccc(F)cc3)ccc2c1Cc1ccccc1)NC(=O)OC(C)(C)C. The van der Waals surface area contributed by atoms with E-state index < -0.39 is 11.7 Å². The summed E-state index contributed by atoms with van der Waals surface area (Å²) in [6, 6.07) is 22.1. The first-order chi connectivity index (χ1) is 19.1. The first kappa shape index (κ1) is 28.9. The van der Waals surface area contributed by atoms with E-state index in [9.17, 15) is 14.0 Å². The molecule has 210 valence electrons. The monoisotopic (exact) mass is 543 g/mol. The molecule has 7 heteroatoms. The van der Waals surface area contributed by atoms with Crippen molar-refractivity contribution in [2.45, 2.75) is 65.0 Å². The molecule has 1 heterocycles. The summed E-state index contributed by atoms with van der Waals surface area (Å²) in [4.78, 5) is 29.3. The van der Waals surface area contributed by atoms with Gasteiger partial charge in [-0.3, -0.25) is 4.79 Å². The number of carbonyl (C=O) groups is 2. The van der Waals surface area contributed by atoms with Crippen molar-refractivity contribution in [3.05, 3.63) is 95.4 Å². The fraction of sp³-hybridized carbons (Fsp3) is 0.333. The molecule has 40 heavy (non-hydrogen) atoms. The number of unbranched alkanes of at least 4 members (excludes halogenated alkanes) is 1. The van der Waals surface area contributed by atoms with Crippen LogP contribution >= 0.6 is 0 Å². The second-order valence-electron chi connectivity index (χ2n) is 11.1. The molecular weight excluding hydrogens is 505 g/mol. The third kappa shape index (κ3) is 7.72. The standard InChI is InChI=1S/C33H38FN3O3/c1-5-6-12-26(36-32(39)40-33(2,3)4)21-35-31(38)30-28(19-22-10-8-7-9-11-22)27-18-15-24(20-29(27)37-30)23-13-16-25(34)17-14-23/h7-11,13-18,20,26,37H,5-6,12,19,21H2,1-4H3,(H,35,38)(H,36,39)/t26-/m0/s1. The van der Waals surface area contributed by atoms with Gasteiger partial charge in [0.1, 0.15) is 17.1 Å². The average molecular weight is 544 g/mol. The Morgan fingerprint density at radius 3 is 2.35 bits per heavy atom. The molecule has 0 saturated carbocycles. The highest BCUT2D eigenvalue weighted by molar-refractivity contribution is 6.02. The van der Waals surface area contributed by atoms with Crippen molar-refractivity contribution >= 4 is 22.9 Å². The van der Waals surface area contributed by atoms with Gasteiger partial charge in [-0.15, -0.1) is 0 Å². The summed E-state index contributed by atoms with van der Waals surface area (Å²) in [5, 5.41) is 6.90. The summed E-state index contributed by atoms with van der Waals surface area (Å²) >= 11 is 0. The van der Waals surface area contributed by atoms with Crippen molar-refractivity contribution < 1.29 is 18.7 Å². The zero-order chi connectivity index (χ0) is 28.7. The predicted molar refractivity (Wildman–Crippen MR) is 158 cm³/mol. The van der Waals surface area contributed by atoms with Crippen LogP contribution in [0.25, 0.3) is 22.0 Å². The number of benzene rings is 3. The van der Waals surface area contributed by atoms with Crippen LogP contribution in [-0.4, -0.2) is 35.2 Å². The van der Waals surface area contributed by atoms with Crippen LogP contribution in [0.5, 0.6) is 0 Å². The van der Waals surface area contributed by atoms with Crippen LogP contribution in [0.15, 0.2) is 72.8 Å². The van der Waals surface area contributed by atoms with E-state index in [0.29, 0.717) is 12.1 Å². The number of aromatic amines is 1. The topological polar surface area (TPSA) is 83.2 Å². The molecule has 0 saturated heterocycles. The van der Waals surface area contributed by atoms with Gasteiger partial charge in [0.05, 0.1) is 0 Å². The maximum Gasteiger partial charge on any atom is 0.407 e. The van der Waals surface area contributed by atoms with Crippen molar-refractivity contribution in [1.82, 2.24) is 15.6 Å². The number of ether oxygens (including phenoxy) is 1. The van der Waals surface area contributed by atoms with Gasteiger partial charge in [-0.2, -0.15) is 0 Å². The van der Waals surface area contributed by atoms with Gasteiger partial charge in [0.15, 0.2) is 0 Å². The van der Waals surface area contributed by atoms with E-state index in [-0.39, 0.29) is 24.3 Å². The molecule has 3 N–H and O–H groups in total. The lowest BCUT2D eigenvalue weighted by Gasteiger charge is -2.24. The molecule has 0 bridgehead atoms. The zero-order valence-electron chi connectivity index (χ0n) is 23.6. The number of nitrogens with one attached hydrogen (secondary N) is 3. The summed E-state index contributed by atoms with van der Waals surface area (Å²) in [5.74, 6) is -0.523. The summed E-state index contributed by atoms with van der Waals surface area (Å²) < 4.78 is 18.9. The van der Waals surface area contributed by atoms with Gasteiger partial charge in [-0.05, 0) is 67.6 Å². The van der Waals surface area contributed by atoms with Gasteiger partial charge in [-0.25, -0.2) is 9.18 Å². The molecule has 0 aliphatic heterocycles. The normalized spacial score (nSPS) is 12.2. The smallest absolute Gasteiger partial charge is 0.407 e. The molecule has 2 amide bonds. The maximum absolute atomic E-state index is 13.6. The van der Waals surface area contributed by atoms with Crippen molar-refractivity contribution in [1.29, 1.82) is 0 Å². The largest absolute Gasteiger partial charge is 0.444 e. The van der Waals surface area contributed by atoms with Crippen LogP contribution in [0.3, 0.4) is 0 Å². The van der Waals surface area contributed by atoms with Gasteiger partial charge in [-0.1, -0.05) is 74.4 Å². The van der Waals surface area contributed by atoms with E-state index in [1.165, 1.54) is 12.1 Å². The molecule has 3 aromatic carbocycles. The lowest BCUT2D eigenvalue weighted by atomic mass is 9.99. The molecular formula is C33H38FN3O3. The Morgan fingerprint density at radius 1 is 0.975 bits per heavy atom. The third-order valence-electron chi connectivity index (χ3n) is 6.67. The van der Waals surface area contributed by atoms with Crippen LogP contribution in [0, 0.1) is 5.82 Å². The van der Waals surface area contributed by atoms with Crippen LogP contribution < -0.4 is 10.6 Å². The van der Waals surface area contributed by atoms with Gasteiger partial charge in [0, 0.05) is 29.9 Å². The van der Waals surface area contributed by atoms with E-state index in [1.54, 1.807) is 12.1 Å². The Labute approximate surface area is 235 Å². The first-order valence-electron chi connectivity index (χ1n) is 13.8. The van der Waals surface area contributed by atoms with Gasteiger partial charge >= 0.3 is 6.09 Å². The Hall–Kier alpha value is -4.13. The molecule has 1 aromatic heterocycles. The Kier molecular flexibility index (Phi) is 9.25. The second-order valence-corrected chi connectivity index (χ2v) is 11.1. The molecule has 0 aliphatic carbocycles. The molecule has 4 rings (SSSR count). The van der Waals surface area contributed by atoms with Gasteiger partial charge in [0.2, 0.25) is 0 Å². The molecule has 1 atom stereocenters. The van der Waals surface area contributed by atoms with Gasteiger partial charge < -0.3 is 20.4 Å². The zero-order valence-corrected chi connectivity index (χ0v) is 23.6. The molecule has 0 unspecified atom stereocenters. The van der Waals surface area contributed by atoms with E-state index >= 15 is 0 Å². The van der Waals surface area contributed by atoms with Crippen molar-refractivity contribution in [3.63, 3.8) is 0 Å². The highest BCUT2D eigenvalue weighted by Gasteiger charge is 2.22. The van der Waals surface area contributed by atoms with E-state index in [2.05, 4.69) is 22.5 Å². The Balaban J connectivity index is 1.60. The lowest BCUT2D eigenvalue weighted by Crippen LogP contribution is -2.45. The lowest BCUT2D eigenvalue weighted by molar-refractivity contribution is 0.0498. The molecule has 0 fully saturated rings. The van der Waals surface area contributed by atoms with Crippen molar-refractivity contribution in [2.75, 3.05) is 6.54 Å². The van der Waals surface area contributed by atoms with Gasteiger partial charge in [0.25, 0.3) is 5.91 Å². The van der Waals surface area contributed by atoms with Crippen LogP contribution in [0.1, 0.15) is 68.6 Å². The number of halogens is 1. The molecule has 4 aromatic rings. The molecule has 0 radical (unpaired) electrons. The van der Waals surface area contributed by atoms with E-state index in [1.807, 2.05) is 69.3 Å².